The Morgan fingerprint density at radius 3 is 2.33 bits per heavy atom. The number of aryl methyl sites for hydroxylation is 2. The van der Waals surface area contributed by atoms with Crippen molar-refractivity contribution in [1.82, 2.24) is 9.97 Å². The summed E-state index contributed by atoms with van der Waals surface area (Å²) in [5, 5.41) is 13.2. The number of rotatable bonds is 2. The number of benzene rings is 2. The second-order valence-electron chi connectivity index (χ2n) is 5.56. The van der Waals surface area contributed by atoms with Crippen LogP contribution in [0.15, 0.2) is 36.4 Å². The number of phenolic OH excluding ortho intramolecular Hbond substituents is 1. The SMILES string of the molecule is Cc1ccc(O)c(Nc2nc(C(F)(F)F)nc3ccc(C)cc23)c1. The van der Waals surface area contributed by atoms with Crippen molar-refractivity contribution in [2.45, 2.75) is 20.0 Å². The molecule has 7 heteroatoms. The molecule has 0 amide bonds. The molecule has 0 spiro atoms. The minimum atomic E-state index is -4.66. The minimum absolute atomic E-state index is 0.00285. The average molecular weight is 333 g/mol. The molecule has 2 aromatic carbocycles. The number of nitrogens with one attached hydrogen (secondary N) is 1. The topological polar surface area (TPSA) is 58.0 Å². The van der Waals surface area contributed by atoms with E-state index in [1.807, 2.05) is 13.8 Å². The van der Waals surface area contributed by atoms with Crippen LogP contribution in [0.3, 0.4) is 0 Å². The van der Waals surface area contributed by atoms with Gasteiger partial charge in [0, 0.05) is 5.39 Å². The Kier molecular flexibility index (Phi) is 3.79. The molecule has 124 valence electrons. The normalized spacial score (nSPS) is 11.7. The minimum Gasteiger partial charge on any atom is -0.506 e. The van der Waals surface area contributed by atoms with Crippen LogP contribution in [0.2, 0.25) is 0 Å². The van der Waals surface area contributed by atoms with E-state index in [1.165, 1.54) is 12.1 Å². The first-order valence-corrected chi connectivity index (χ1v) is 7.16. The van der Waals surface area contributed by atoms with Crippen LogP contribution in [-0.4, -0.2) is 15.1 Å². The van der Waals surface area contributed by atoms with Gasteiger partial charge in [-0.1, -0.05) is 17.7 Å². The smallest absolute Gasteiger partial charge is 0.451 e. The fraction of sp³-hybridized carbons (Fsp3) is 0.176. The predicted octanol–water partition coefficient (Wildman–Crippen LogP) is 4.71. The van der Waals surface area contributed by atoms with Gasteiger partial charge < -0.3 is 10.4 Å². The zero-order chi connectivity index (χ0) is 17.5. The summed E-state index contributed by atoms with van der Waals surface area (Å²) in [7, 11) is 0. The summed E-state index contributed by atoms with van der Waals surface area (Å²) in [5.41, 5.74) is 2.17. The highest BCUT2D eigenvalue weighted by molar-refractivity contribution is 5.91. The van der Waals surface area contributed by atoms with Crippen molar-refractivity contribution in [2.75, 3.05) is 5.32 Å². The summed E-state index contributed by atoms with van der Waals surface area (Å²) in [6, 6.07) is 9.70. The first kappa shape index (κ1) is 16.0. The number of aromatic nitrogens is 2. The lowest BCUT2D eigenvalue weighted by atomic mass is 10.1. The van der Waals surface area contributed by atoms with E-state index in [0.717, 1.165) is 11.1 Å². The number of nitrogens with zero attached hydrogens (tertiary/aromatic N) is 2. The van der Waals surface area contributed by atoms with Crippen LogP contribution in [0.25, 0.3) is 10.9 Å². The van der Waals surface area contributed by atoms with Gasteiger partial charge in [0.2, 0.25) is 5.82 Å². The molecule has 3 rings (SSSR count). The van der Waals surface area contributed by atoms with Crippen molar-refractivity contribution in [3.8, 4) is 5.75 Å². The number of alkyl halides is 3. The van der Waals surface area contributed by atoms with E-state index in [9.17, 15) is 18.3 Å². The van der Waals surface area contributed by atoms with E-state index in [4.69, 9.17) is 0 Å². The molecule has 0 saturated heterocycles. The highest BCUT2D eigenvalue weighted by atomic mass is 19.4. The number of aromatic hydroxyl groups is 1. The van der Waals surface area contributed by atoms with Gasteiger partial charge in [-0.05, 0) is 43.7 Å². The number of phenols is 1. The van der Waals surface area contributed by atoms with E-state index in [0.29, 0.717) is 5.39 Å². The fourth-order valence-electron chi connectivity index (χ4n) is 2.34. The van der Waals surface area contributed by atoms with Gasteiger partial charge in [-0.25, -0.2) is 9.97 Å². The highest BCUT2D eigenvalue weighted by Crippen LogP contribution is 2.34. The van der Waals surface area contributed by atoms with Crippen molar-refractivity contribution in [3.05, 3.63) is 53.3 Å². The van der Waals surface area contributed by atoms with E-state index in [2.05, 4.69) is 15.3 Å². The number of anilines is 2. The van der Waals surface area contributed by atoms with E-state index >= 15 is 0 Å². The molecule has 3 aromatic rings. The first-order valence-electron chi connectivity index (χ1n) is 7.16. The summed E-state index contributed by atoms with van der Waals surface area (Å²) in [6.07, 6.45) is -4.66. The van der Waals surface area contributed by atoms with Gasteiger partial charge >= 0.3 is 6.18 Å². The van der Waals surface area contributed by atoms with Crippen molar-refractivity contribution in [3.63, 3.8) is 0 Å². The number of hydrogen-bond donors (Lipinski definition) is 2. The first-order chi connectivity index (χ1) is 11.2. The Balaban J connectivity index is 2.20. The summed E-state index contributed by atoms with van der Waals surface area (Å²) >= 11 is 0. The Labute approximate surface area is 136 Å². The molecular weight excluding hydrogens is 319 g/mol. The molecule has 0 atom stereocenters. The van der Waals surface area contributed by atoms with Crippen LogP contribution in [0.4, 0.5) is 24.7 Å². The standard InChI is InChI=1S/C17H14F3N3O/c1-9-3-5-12-11(7-9)15(23-16(22-12)17(18,19)20)21-13-8-10(2)4-6-14(13)24/h3-8,24H,1-2H3,(H,21,22,23). The molecule has 0 aliphatic rings. The Morgan fingerprint density at radius 2 is 1.62 bits per heavy atom. The van der Waals surface area contributed by atoms with E-state index in [-0.39, 0.29) is 22.8 Å². The van der Waals surface area contributed by atoms with Crippen LogP contribution in [0.1, 0.15) is 17.0 Å². The lowest BCUT2D eigenvalue weighted by molar-refractivity contribution is -0.144. The third kappa shape index (κ3) is 3.10. The third-order valence-electron chi connectivity index (χ3n) is 3.51. The molecule has 0 saturated carbocycles. The molecule has 0 radical (unpaired) electrons. The van der Waals surface area contributed by atoms with Crippen LogP contribution in [-0.2, 0) is 6.18 Å². The Bertz CT molecular complexity index is 923. The van der Waals surface area contributed by atoms with Gasteiger partial charge in [-0.2, -0.15) is 13.2 Å². The summed E-state index contributed by atoms with van der Waals surface area (Å²) in [6.45, 7) is 3.64. The van der Waals surface area contributed by atoms with Crippen molar-refractivity contribution in [1.29, 1.82) is 0 Å². The molecule has 0 unspecified atom stereocenters. The molecule has 2 N–H and O–H groups in total. The summed E-state index contributed by atoms with van der Waals surface area (Å²) in [5.74, 6) is -1.31. The average Bonchev–Trinajstić information content (AvgIpc) is 2.50. The molecule has 0 fully saturated rings. The van der Waals surface area contributed by atoms with Gasteiger partial charge in [-0.3, -0.25) is 0 Å². The second kappa shape index (κ2) is 5.67. The van der Waals surface area contributed by atoms with Gasteiger partial charge in [0.1, 0.15) is 11.6 Å². The predicted molar refractivity (Wildman–Crippen MR) is 85.4 cm³/mol. The van der Waals surface area contributed by atoms with E-state index < -0.39 is 12.0 Å². The van der Waals surface area contributed by atoms with Crippen molar-refractivity contribution in [2.24, 2.45) is 0 Å². The molecular formula is C17H14F3N3O. The zero-order valence-corrected chi connectivity index (χ0v) is 12.9. The van der Waals surface area contributed by atoms with Crippen LogP contribution in [0.5, 0.6) is 5.75 Å². The Hall–Kier alpha value is -2.83. The van der Waals surface area contributed by atoms with E-state index in [1.54, 1.807) is 24.3 Å². The maximum Gasteiger partial charge on any atom is 0.451 e. The molecule has 1 aromatic heterocycles. The lowest BCUT2D eigenvalue weighted by Crippen LogP contribution is -2.12. The largest absolute Gasteiger partial charge is 0.506 e. The maximum absolute atomic E-state index is 13.1. The Morgan fingerprint density at radius 1 is 0.958 bits per heavy atom. The molecule has 0 aliphatic heterocycles. The zero-order valence-electron chi connectivity index (χ0n) is 12.9. The van der Waals surface area contributed by atoms with Crippen LogP contribution < -0.4 is 5.32 Å². The molecule has 24 heavy (non-hydrogen) atoms. The summed E-state index contributed by atoms with van der Waals surface area (Å²) < 4.78 is 39.2. The number of halogens is 3. The highest BCUT2D eigenvalue weighted by Gasteiger charge is 2.35. The third-order valence-corrected chi connectivity index (χ3v) is 3.51. The molecule has 0 aliphatic carbocycles. The molecule has 0 bridgehead atoms. The fourth-order valence-corrected chi connectivity index (χ4v) is 2.34. The quantitative estimate of drug-likeness (QED) is 0.667. The van der Waals surface area contributed by atoms with Crippen molar-refractivity contribution >= 4 is 22.4 Å². The molecule has 4 nitrogen and oxygen atoms in total. The molecule has 1 heterocycles. The van der Waals surface area contributed by atoms with Gasteiger partial charge in [0.15, 0.2) is 0 Å². The lowest BCUT2D eigenvalue weighted by Gasteiger charge is -2.14. The van der Waals surface area contributed by atoms with Crippen LogP contribution >= 0.6 is 0 Å². The van der Waals surface area contributed by atoms with Gasteiger partial charge in [0.25, 0.3) is 0 Å². The monoisotopic (exact) mass is 333 g/mol. The van der Waals surface area contributed by atoms with Gasteiger partial charge in [0.05, 0.1) is 11.2 Å². The number of fused-ring (bicyclic) bond motifs is 1. The number of hydrogen-bond acceptors (Lipinski definition) is 4. The summed E-state index contributed by atoms with van der Waals surface area (Å²) in [4.78, 5) is 7.21. The second-order valence-corrected chi connectivity index (χ2v) is 5.56. The van der Waals surface area contributed by atoms with Crippen LogP contribution in [0, 0.1) is 13.8 Å². The maximum atomic E-state index is 13.1. The van der Waals surface area contributed by atoms with Gasteiger partial charge in [-0.15, -0.1) is 0 Å². The van der Waals surface area contributed by atoms with Crippen molar-refractivity contribution < 1.29 is 18.3 Å².